The van der Waals surface area contributed by atoms with Gasteiger partial charge in [0.15, 0.2) is 9.84 Å². The van der Waals surface area contributed by atoms with Crippen LogP contribution in [-0.4, -0.2) is 24.4 Å². The molecular formula is C13H15F3O3S. The molecule has 1 aliphatic heterocycles. The van der Waals surface area contributed by atoms with E-state index in [-0.39, 0.29) is 23.3 Å². The topological polar surface area (TPSA) is 54.4 Å². The van der Waals surface area contributed by atoms with Crippen LogP contribution in [0.15, 0.2) is 23.1 Å². The van der Waals surface area contributed by atoms with E-state index in [0.717, 1.165) is 12.1 Å². The summed E-state index contributed by atoms with van der Waals surface area (Å²) in [6.07, 6.45) is -4.89. The fourth-order valence-electron chi connectivity index (χ4n) is 2.56. The SMILES string of the molecule is CC(C)(O)CC1Cc2c(C(F)(F)F)cccc2S1(=O)=O. The molecule has 7 heteroatoms. The molecule has 0 spiro atoms. The van der Waals surface area contributed by atoms with Crippen molar-refractivity contribution in [3.8, 4) is 0 Å². The van der Waals surface area contributed by atoms with E-state index in [1.54, 1.807) is 0 Å². The van der Waals surface area contributed by atoms with Crippen LogP contribution >= 0.6 is 0 Å². The van der Waals surface area contributed by atoms with E-state index in [2.05, 4.69) is 0 Å². The number of benzene rings is 1. The fraction of sp³-hybridized carbons (Fsp3) is 0.538. The normalized spacial score (nSPS) is 21.8. The monoisotopic (exact) mass is 308 g/mol. The Morgan fingerprint density at radius 2 is 1.90 bits per heavy atom. The van der Waals surface area contributed by atoms with E-state index in [4.69, 9.17) is 0 Å². The Morgan fingerprint density at radius 1 is 1.30 bits per heavy atom. The van der Waals surface area contributed by atoms with E-state index >= 15 is 0 Å². The molecule has 0 saturated heterocycles. The lowest BCUT2D eigenvalue weighted by Gasteiger charge is -2.21. The number of sulfone groups is 1. The molecule has 1 aliphatic rings. The summed E-state index contributed by atoms with van der Waals surface area (Å²) < 4.78 is 63.3. The van der Waals surface area contributed by atoms with Gasteiger partial charge in [0.1, 0.15) is 0 Å². The smallest absolute Gasteiger partial charge is 0.390 e. The standard InChI is InChI=1S/C13H15F3O3S/c1-12(2,17)7-8-6-9-10(13(14,15)16)4-3-5-11(9)20(8,18)19/h3-5,8,17H,6-7H2,1-2H3. The van der Waals surface area contributed by atoms with Crippen LogP contribution in [0.25, 0.3) is 0 Å². The Morgan fingerprint density at radius 3 is 2.40 bits per heavy atom. The molecule has 1 N–H and O–H groups in total. The van der Waals surface area contributed by atoms with Gasteiger partial charge >= 0.3 is 6.18 Å². The van der Waals surface area contributed by atoms with E-state index < -0.39 is 32.4 Å². The Hall–Kier alpha value is -1.08. The summed E-state index contributed by atoms with van der Waals surface area (Å²) in [6, 6.07) is 3.19. The zero-order chi connectivity index (χ0) is 15.3. The van der Waals surface area contributed by atoms with Gasteiger partial charge in [0.25, 0.3) is 0 Å². The highest BCUT2D eigenvalue weighted by atomic mass is 32.2. The van der Waals surface area contributed by atoms with Crippen molar-refractivity contribution in [1.29, 1.82) is 0 Å². The van der Waals surface area contributed by atoms with Gasteiger partial charge in [-0.2, -0.15) is 13.2 Å². The second kappa shape index (κ2) is 4.46. The van der Waals surface area contributed by atoms with Gasteiger partial charge in [-0.15, -0.1) is 0 Å². The van der Waals surface area contributed by atoms with Crippen molar-refractivity contribution in [3.63, 3.8) is 0 Å². The number of fused-ring (bicyclic) bond motifs is 1. The molecule has 0 amide bonds. The van der Waals surface area contributed by atoms with E-state index in [9.17, 15) is 26.7 Å². The largest absolute Gasteiger partial charge is 0.416 e. The first kappa shape index (κ1) is 15.3. The highest BCUT2D eigenvalue weighted by Crippen LogP contribution is 2.42. The lowest BCUT2D eigenvalue weighted by Crippen LogP contribution is -2.30. The van der Waals surface area contributed by atoms with Gasteiger partial charge in [0.05, 0.1) is 21.3 Å². The molecule has 20 heavy (non-hydrogen) atoms. The summed E-state index contributed by atoms with van der Waals surface area (Å²) in [7, 11) is -3.82. The third-order valence-electron chi connectivity index (χ3n) is 3.34. The molecule has 2 rings (SSSR count). The van der Waals surface area contributed by atoms with Gasteiger partial charge in [-0.3, -0.25) is 0 Å². The molecular weight excluding hydrogens is 293 g/mol. The molecule has 0 aliphatic carbocycles. The minimum Gasteiger partial charge on any atom is -0.390 e. The Bertz CT molecular complexity index is 627. The quantitative estimate of drug-likeness (QED) is 0.913. The minimum absolute atomic E-state index is 0.0959. The van der Waals surface area contributed by atoms with Crippen LogP contribution in [0.5, 0.6) is 0 Å². The number of halogens is 3. The number of aliphatic hydroxyl groups is 1. The Kier molecular flexibility index (Phi) is 3.41. The zero-order valence-electron chi connectivity index (χ0n) is 11.0. The molecule has 0 saturated carbocycles. The highest BCUT2D eigenvalue weighted by molar-refractivity contribution is 7.92. The van der Waals surface area contributed by atoms with Crippen LogP contribution in [0, 0.1) is 0 Å². The molecule has 1 unspecified atom stereocenters. The Labute approximate surface area is 115 Å². The van der Waals surface area contributed by atoms with Crippen LogP contribution < -0.4 is 0 Å². The summed E-state index contributed by atoms with van der Waals surface area (Å²) in [4.78, 5) is -0.262. The second-order valence-electron chi connectivity index (χ2n) is 5.67. The predicted octanol–water partition coefficient (Wildman–Crippen LogP) is 2.56. The van der Waals surface area contributed by atoms with Crippen molar-refractivity contribution >= 4 is 9.84 Å². The van der Waals surface area contributed by atoms with Crippen LogP contribution in [-0.2, 0) is 22.4 Å². The molecule has 1 aromatic carbocycles. The molecule has 112 valence electrons. The molecule has 0 radical (unpaired) electrons. The van der Waals surface area contributed by atoms with Crippen LogP contribution in [0.1, 0.15) is 31.4 Å². The fourth-order valence-corrected chi connectivity index (χ4v) is 4.74. The maximum absolute atomic E-state index is 12.9. The highest BCUT2D eigenvalue weighted by Gasteiger charge is 2.44. The van der Waals surface area contributed by atoms with E-state index in [1.165, 1.54) is 19.9 Å². The van der Waals surface area contributed by atoms with Gasteiger partial charge in [0.2, 0.25) is 0 Å². The van der Waals surface area contributed by atoms with Crippen LogP contribution in [0.3, 0.4) is 0 Å². The van der Waals surface area contributed by atoms with Crippen molar-refractivity contribution in [3.05, 3.63) is 29.3 Å². The Balaban J connectivity index is 2.52. The summed E-state index contributed by atoms with van der Waals surface area (Å²) >= 11 is 0. The molecule has 0 bridgehead atoms. The summed E-state index contributed by atoms with van der Waals surface area (Å²) in [5.41, 5.74) is -2.34. The van der Waals surface area contributed by atoms with E-state index in [0.29, 0.717) is 0 Å². The minimum atomic E-state index is -4.58. The molecule has 1 heterocycles. The maximum atomic E-state index is 12.9. The lowest BCUT2D eigenvalue weighted by molar-refractivity contribution is -0.138. The predicted molar refractivity (Wildman–Crippen MR) is 67.0 cm³/mol. The summed E-state index contributed by atoms with van der Waals surface area (Å²) in [5, 5.41) is 8.72. The van der Waals surface area contributed by atoms with Gasteiger partial charge in [-0.05, 0) is 44.4 Å². The van der Waals surface area contributed by atoms with Crippen molar-refractivity contribution in [2.24, 2.45) is 0 Å². The first-order valence-corrected chi connectivity index (χ1v) is 7.63. The number of hydrogen-bond donors (Lipinski definition) is 1. The van der Waals surface area contributed by atoms with Crippen molar-refractivity contribution in [2.45, 2.75) is 48.6 Å². The second-order valence-corrected chi connectivity index (χ2v) is 7.86. The van der Waals surface area contributed by atoms with Gasteiger partial charge in [0, 0.05) is 0 Å². The lowest BCUT2D eigenvalue weighted by atomic mass is 9.96. The average Bonchev–Trinajstić information content (AvgIpc) is 2.47. The third-order valence-corrected chi connectivity index (χ3v) is 5.55. The average molecular weight is 308 g/mol. The van der Waals surface area contributed by atoms with Crippen molar-refractivity contribution < 1.29 is 26.7 Å². The van der Waals surface area contributed by atoms with Gasteiger partial charge in [-0.1, -0.05) is 6.07 Å². The van der Waals surface area contributed by atoms with Crippen molar-refractivity contribution in [2.75, 3.05) is 0 Å². The number of rotatable bonds is 2. The van der Waals surface area contributed by atoms with Gasteiger partial charge in [-0.25, -0.2) is 8.42 Å². The molecule has 0 aromatic heterocycles. The zero-order valence-corrected chi connectivity index (χ0v) is 11.8. The number of alkyl halides is 3. The first-order valence-electron chi connectivity index (χ1n) is 6.08. The third kappa shape index (κ3) is 2.69. The molecule has 1 aromatic rings. The van der Waals surface area contributed by atoms with E-state index in [1.807, 2.05) is 0 Å². The van der Waals surface area contributed by atoms with Crippen molar-refractivity contribution in [1.82, 2.24) is 0 Å². The molecule has 3 nitrogen and oxygen atoms in total. The summed E-state index contributed by atoms with van der Waals surface area (Å²) in [5.74, 6) is 0. The maximum Gasteiger partial charge on any atom is 0.416 e. The van der Waals surface area contributed by atoms with Crippen LogP contribution in [0.4, 0.5) is 13.2 Å². The molecule has 0 fully saturated rings. The number of hydrogen-bond acceptors (Lipinski definition) is 3. The first-order chi connectivity index (χ1) is 8.93. The van der Waals surface area contributed by atoms with Gasteiger partial charge < -0.3 is 5.11 Å². The summed E-state index contributed by atoms with van der Waals surface area (Å²) in [6.45, 7) is 2.88. The van der Waals surface area contributed by atoms with Crippen LogP contribution in [0.2, 0.25) is 0 Å². The molecule has 1 atom stereocenters.